The van der Waals surface area contributed by atoms with Crippen LogP contribution in [-0.4, -0.2) is 15.7 Å². The summed E-state index contributed by atoms with van der Waals surface area (Å²) in [5.74, 6) is 0.413. The first-order chi connectivity index (χ1) is 9.14. The summed E-state index contributed by atoms with van der Waals surface area (Å²) in [6.07, 6.45) is 3.50. The van der Waals surface area contributed by atoms with Gasteiger partial charge in [0.25, 0.3) is 0 Å². The highest BCUT2D eigenvalue weighted by molar-refractivity contribution is 7.99. The monoisotopic (exact) mass is 270 g/mol. The first kappa shape index (κ1) is 13.5. The highest BCUT2D eigenvalue weighted by atomic mass is 32.2. The summed E-state index contributed by atoms with van der Waals surface area (Å²) in [7, 11) is 0. The maximum atomic E-state index is 9.33. The molecular formula is C14H14N4S. The second-order valence-corrected chi connectivity index (χ2v) is 5.22. The van der Waals surface area contributed by atoms with Crippen LogP contribution in [0.25, 0.3) is 0 Å². The zero-order chi connectivity index (χ0) is 13.7. The molecule has 1 heterocycles. The molecule has 1 aromatic carbocycles. The van der Waals surface area contributed by atoms with Crippen LogP contribution in [0.15, 0.2) is 47.9 Å². The van der Waals surface area contributed by atoms with Crippen molar-refractivity contribution in [1.82, 2.24) is 9.97 Å². The molecule has 0 fully saturated rings. The van der Waals surface area contributed by atoms with E-state index in [1.807, 2.05) is 37.3 Å². The Morgan fingerprint density at radius 2 is 1.89 bits per heavy atom. The Bertz CT molecular complexity index is 577. The second-order valence-electron chi connectivity index (χ2n) is 4.28. The Morgan fingerprint density at radius 1 is 1.26 bits per heavy atom. The Hall–Kier alpha value is -1.90. The lowest BCUT2D eigenvalue weighted by Crippen LogP contribution is -2.37. The molecule has 0 amide bonds. The molecule has 2 N–H and O–H groups in total. The van der Waals surface area contributed by atoms with Crippen molar-refractivity contribution in [1.29, 1.82) is 5.26 Å². The van der Waals surface area contributed by atoms with E-state index in [2.05, 4.69) is 16.0 Å². The van der Waals surface area contributed by atoms with Crippen LogP contribution < -0.4 is 5.73 Å². The van der Waals surface area contributed by atoms with Crippen molar-refractivity contribution in [2.24, 2.45) is 5.73 Å². The van der Waals surface area contributed by atoms with E-state index in [0.29, 0.717) is 10.9 Å². The van der Waals surface area contributed by atoms with Gasteiger partial charge in [0, 0.05) is 18.1 Å². The summed E-state index contributed by atoms with van der Waals surface area (Å²) in [4.78, 5) is 8.39. The number of aromatic nitrogens is 2. The predicted octanol–water partition coefficient (Wildman–Crippen LogP) is 2.25. The molecule has 1 aromatic heterocycles. The zero-order valence-electron chi connectivity index (χ0n) is 10.6. The quantitative estimate of drug-likeness (QED) is 0.681. The van der Waals surface area contributed by atoms with Crippen molar-refractivity contribution in [2.75, 3.05) is 5.75 Å². The third-order valence-electron chi connectivity index (χ3n) is 2.67. The molecule has 19 heavy (non-hydrogen) atoms. The molecular weight excluding hydrogens is 256 g/mol. The van der Waals surface area contributed by atoms with Crippen LogP contribution in [0.3, 0.4) is 0 Å². The summed E-state index contributed by atoms with van der Waals surface area (Å²) in [5.41, 5.74) is 6.94. The fraction of sp³-hybridized carbons (Fsp3) is 0.214. The predicted molar refractivity (Wildman–Crippen MR) is 75.4 cm³/mol. The van der Waals surface area contributed by atoms with Gasteiger partial charge in [-0.3, -0.25) is 0 Å². The topological polar surface area (TPSA) is 75.6 Å². The third kappa shape index (κ3) is 3.31. The summed E-state index contributed by atoms with van der Waals surface area (Å²) < 4.78 is 0. The SMILES string of the molecule is Cc1cnc(SCC(N)(C#N)c2ccccc2)nc1. The molecule has 2 rings (SSSR count). The zero-order valence-corrected chi connectivity index (χ0v) is 11.4. The van der Waals surface area contributed by atoms with Gasteiger partial charge in [-0.2, -0.15) is 5.26 Å². The molecule has 0 saturated heterocycles. The lowest BCUT2D eigenvalue weighted by atomic mass is 9.95. The van der Waals surface area contributed by atoms with E-state index in [9.17, 15) is 5.26 Å². The maximum absolute atomic E-state index is 9.33. The number of aryl methyl sites for hydroxylation is 1. The fourth-order valence-electron chi connectivity index (χ4n) is 1.55. The van der Waals surface area contributed by atoms with Crippen molar-refractivity contribution >= 4 is 11.8 Å². The van der Waals surface area contributed by atoms with E-state index in [0.717, 1.165) is 11.1 Å². The Kier molecular flexibility index (Phi) is 4.15. The number of hydrogen-bond acceptors (Lipinski definition) is 5. The van der Waals surface area contributed by atoms with Gasteiger partial charge in [0.1, 0.15) is 5.54 Å². The first-order valence-corrected chi connectivity index (χ1v) is 6.80. The number of nitriles is 1. The molecule has 0 aliphatic carbocycles. The summed E-state index contributed by atoms with van der Waals surface area (Å²) in [6.45, 7) is 1.93. The van der Waals surface area contributed by atoms with Gasteiger partial charge in [-0.15, -0.1) is 0 Å². The van der Waals surface area contributed by atoms with Crippen LogP contribution in [0.5, 0.6) is 0 Å². The number of nitrogens with zero attached hydrogens (tertiary/aromatic N) is 3. The summed E-state index contributed by atoms with van der Waals surface area (Å²) in [6, 6.07) is 11.6. The number of rotatable bonds is 4. The van der Waals surface area contributed by atoms with Crippen molar-refractivity contribution < 1.29 is 0 Å². The van der Waals surface area contributed by atoms with Crippen LogP contribution in [0, 0.1) is 18.3 Å². The smallest absolute Gasteiger partial charge is 0.187 e. The van der Waals surface area contributed by atoms with E-state index >= 15 is 0 Å². The second kappa shape index (κ2) is 5.83. The van der Waals surface area contributed by atoms with Crippen LogP contribution >= 0.6 is 11.8 Å². The van der Waals surface area contributed by atoms with Crippen molar-refractivity contribution in [3.63, 3.8) is 0 Å². The number of nitrogens with two attached hydrogens (primary N) is 1. The van der Waals surface area contributed by atoms with Crippen LogP contribution in [0.2, 0.25) is 0 Å². The minimum absolute atomic E-state index is 0.413. The number of benzene rings is 1. The largest absolute Gasteiger partial charge is 0.309 e. The molecule has 0 bridgehead atoms. The molecule has 0 spiro atoms. The van der Waals surface area contributed by atoms with Crippen molar-refractivity contribution in [3.8, 4) is 6.07 Å². The molecule has 96 valence electrons. The fourth-order valence-corrected chi connectivity index (χ4v) is 2.39. The molecule has 0 radical (unpaired) electrons. The standard InChI is InChI=1S/C14H14N4S/c1-11-7-17-13(18-8-11)19-10-14(16,9-15)12-5-3-2-4-6-12/h2-8H,10,16H2,1H3. The molecule has 0 saturated carbocycles. The van der Waals surface area contributed by atoms with Gasteiger partial charge >= 0.3 is 0 Å². The Morgan fingerprint density at radius 3 is 2.47 bits per heavy atom. The Labute approximate surface area is 116 Å². The molecule has 2 aromatic rings. The molecule has 0 aliphatic heterocycles. The van der Waals surface area contributed by atoms with Crippen LogP contribution in [0.1, 0.15) is 11.1 Å². The minimum atomic E-state index is -1.03. The van der Waals surface area contributed by atoms with E-state index < -0.39 is 5.54 Å². The van der Waals surface area contributed by atoms with Gasteiger partial charge in [0.05, 0.1) is 6.07 Å². The van der Waals surface area contributed by atoms with Gasteiger partial charge in [0.2, 0.25) is 0 Å². The lowest BCUT2D eigenvalue weighted by Gasteiger charge is -2.20. The maximum Gasteiger partial charge on any atom is 0.187 e. The van der Waals surface area contributed by atoms with E-state index in [1.165, 1.54) is 11.8 Å². The van der Waals surface area contributed by atoms with E-state index in [4.69, 9.17) is 5.73 Å². The van der Waals surface area contributed by atoms with Crippen LogP contribution in [0.4, 0.5) is 0 Å². The summed E-state index contributed by atoms with van der Waals surface area (Å²) >= 11 is 1.39. The van der Waals surface area contributed by atoms with Crippen molar-refractivity contribution in [2.45, 2.75) is 17.6 Å². The molecule has 1 unspecified atom stereocenters. The lowest BCUT2D eigenvalue weighted by molar-refractivity contribution is 0.657. The Balaban J connectivity index is 2.12. The summed E-state index contributed by atoms with van der Waals surface area (Å²) in [5, 5.41) is 9.96. The van der Waals surface area contributed by atoms with Crippen LogP contribution in [-0.2, 0) is 5.54 Å². The van der Waals surface area contributed by atoms with Gasteiger partial charge in [0.15, 0.2) is 5.16 Å². The molecule has 0 aliphatic rings. The molecule has 4 nitrogen and oxygen atoms in total. The number of hydrogen-bond donors (Lipinski definition) is 1. The average molecular weight is 270 g/mol. The van der Waals surface area contributed by atoms with E-state index in [-0.39, 0.29) is 0 Å². The third-order valence-corrected chi connectivity index (χ3v) is 3.74. The number of thioether (sulfide) groups is 1. The average Bonchev–Trinajstić information content (AvgIpc) is 2.47. The molecule has 5 heteroatoms. The minimum Gasteiger partial charge on any atom is -0.309 e. The molecule has 1 atom stereocenters. The van der Waals surface area contributed by atoms with Gasteiger partial charge in [-0.1, -0.05) is 42.1 Å². The van der Waals surface area contributed by atoms with Gasteiger partial charge in [-0.05, 0) is 18.1 Å². The van der Waals surface area contributed by atoms with Crippen molar-refractivity contribution in [3.05, 3.63) is 53.9 Å². The van der Waals surface area contributed by atoms with E-state index in [1.54, 1.807) is 12.4 Å². The highest BCUT2D eigenvalue weighted by Crippen LogP contribution is 2.25. The first-order valence-electron chi connectivity index (χ1n) is 5.81. The normalized spacial score (nSPS) is 13.5. The highest BCUT2D eigenvalue weighted by Gasteiger charge is 2.27. The van der Waals surface area contributed by atoms with Gasteiger partial charge < -0.3 is 5.73 Å². The van der Waals surface area contributed by atoms with Gasteiger partial charge in [-0.25, -0.2) is 9.97 Å².